The predicted octanol–water partition coefficient (Wildman–Crippen LogP) is 6.02. The fourth-order valence-electron chi connectivity index (χ4n) is 2.33. The molecule has 2 rings (SSSR count). The van der Waals surface area contributed by atoms with Crippen molar-refractivity contribution in [2.75, 3.05) is 0 Å². The summed E-state index contributed by atoms with van der Waals surface area (Å²) in [5, 5.41) is -0.455. The molecule has 1 heterocycles. The molecule has 0 saturated heterocycles. The van der Waals surface area contributed by atoms with Gasteiger partial charge in [0, 0.05) is 5.56 Å². The lowest BCUT2D eigenvalue weighted by atomic mass is 9.97. The number of alkyl halides is 12. The third-order valence-corrected chi connectivity index (χ3v) is 4.68. The van der Waals surface area contributed by atoms with Gasteiger partial charge >= 0.3 is 24.9 Å². The summed E-state index contributed by atoms with van der Waals surface area (Å²) in [4.78, 5) is 11.2. The number of aliphatic imine (C=N–C) groups is 1. The molecule has 1 aliphatic rings. The van der Waals surface area contributed by atoms with E-state index in [1.807, 2.05) is 0 Å². The molecule has 0 aromatic heterocycles. The van der Waals surface area contributed by atoms with E-state index in [1.165, 1.54) is 5.32 Å². The van der Waals surface area contributed by atoms with E-state index in [0.29, 0.717) is 12.1 Å². The van der Waals surface area contributed by atoms with Crippen molar-refractivity contribution < 1.29 is 66.6 Å². The van der Waals surface area contributed by atoms with E-state index in [0.717, 1.165) is 12.1 Å². The molecular weight excluding hydrogens is 519 g/mol. The third-order valence-electron chi connectivity index (χ3n) is 3.62. The summed E-state index contributed by atoms with van der Waals surface area (Å²) in [6.07, 6.45) is -24.8. The average Bonchev–Trinajstić information content (AvgIpc) is 2.99. The maximum absolute atomic E-state index is 13.6. The summed E-state index contributed by atoms with van der Waals surface area (Å²) in [6.45, 7) is 0. The van der Waals surface area contributed by atoms with Gasteiger partial charge in [-0.3, -0.25) is 4.79 Å². The number of carbonyl (C=O) groups excluding carboxylic acids is 1. The summed E-state index contributed by atoms with van der Waals surface area (Å²) in [5.41, 5.74) is -6.52. The number of rotatable bonds is 2. The van der Waals surface area contributed by atoms with Crippen LogP contribution in [0.5, 0.6) is 5.75 Å². The molecule has 0 atom stereocenters. The van der Waals surface area contributed by atoms with Gasteiger partial charge in [0.2, 0.25) is 5.83 Å². The van der Waals surface area contributed by atoms with Crippen LogP contribution in [0, 0.1) is 0 Å². The number of nitrogens with one attached hydrogen (secondary N) is 1. The molecule has 1 N–H and O–H groups in total. The average molecular weight is 524 g/mol. The molecule has 0 radical (unpaired) electrons. The van der Waals surface area contributed by atoms with Crippen molar-refractivity contribution in [3.8, 4) is 5.75 Å². The molecule has 1 aromatic rings. The van der Waals surface area contributed by atoms with Gasteiger partial charge in [-0.15, -0.1) is 13.2 Å². The normalized spacial score (nSPS) is 18.6. The lowest BCUT2D eigenvalue weighted by Gasteiger charge is -2.31. The molecule has 0 spiro atoms. The quantitative estimate of drug-likeness (QED) is 0.482. The number of carbonyl (C=O) groups is 1. The van der Waals surface area contributed by atoms with Gasteiger partial charge in [0.25, 0.3) is 11.4 Å². The number of hydrogen-bond donors (Lipinski definition) is 1. The van der Waals surface area contributed by atoms with Crippen molar-refractivity contribution in [2.45, 2.75) is 30.4 Å². The Hall–Kier alpha value is -2.66. The molecular formula is C15H5F13N2O2S. The Balaban J connectivity index is 2.52. The van der Waals surface area contributed by atoms with Crippen molar-refractivity contribution in [1.29, 1.82) is 0 Å². The van der Waals surface area contributed by atoms with E-state index in [4.69, 9.17) is 0 Å². The van der Waals surface area contributed by atoms with Crippen LogP contribution in [0.2, 0.25) is 0 Å². The number of amidine groups is 1. The number of benzene rings is 1. The second-order valence-corrected chi connectivity index (χ2v) is 6.89. The second kappa shape index (κ2) is 8.28. The molecule has 0 fully saturated rings. The first-order valence-corrected chi connectivity index (χ1v) is 8.56. The Morgan fingerprint density at radius 2 is 1.48 bits per heavy atom. The van der Waals surface area contributed by atoms with Gasteiger partial charge in [0.15, 0.2) is 5.17 Å². The van der Waals surface area contributed by atoms with E-state index in [9.17, 15) is 61.9 Å². The Kier molecular flexibility index (Phi) is 6.67. The van der Waals surface area contributed by atoms with Gasteiger partial charge in [-0.25, -0.2) is 9.38 Å². The molecule has 4 nitrogen and oxygen atoms in total. The minimum absolute atomic E-state index is 0.372. The van der Waals surface area contributed by atoms with Gasteiger partial charge in [0.05, 0.1) is 4.91 Å². The summed E-state index contributed by atoms with van der Waals surface area (Å²) in [5.74, 6) is -6.45. The van der Waals surface area contributed by atoms with E-state index in [2.05, 4.69) is 9.73 Å². The maximum atomic E-state index is 13.6. The zero-order valence-electron chi connectivity index (χ0n) is 14.9. The van der Waals surface area contributed by atoms with Crippen molar-refractivity contribution >= 4 is 22.8 Å². The fourth-order valence-corrected chi connectivity index (χ4v) is 3.48. The Morgan fingerprint density at radius 1 is 0.939 bits per heavy atom. The number of hydrogen-bond acceptors (Lipinski definition) is 4. The molecule has 1 amide bonds. The lowest BCUT2D eigenvalue weighted by molar-refractivity contribution is -0.280. The van der Waals surface area contributed by atoms with Crippen molar-refractivity contribution in [1.82, 2.24) is 5.32 Å². The topological polar surface area (TPSA) is 50.7 Å². The molecule has 1 aromatic carbocycles. The van der Waals surface area contributed by atoms with Crippen molar-refractivity contribution in [2.24, 2.45) is 4.99 Å². The van der Waals surface area contributed by atoms with Crippen LogP contribution < -0.4 is 10.1 Å². The maximum Gasteiger partial charge on any atom is 0.573 e. The molecule has 1 aliphatic heterocycles. The summed E-state index contributed by atoms with van der Waals surface area (Å²) in [6, 6.07) is 2.58. The van der Waals surface area contributed by atoms with Crippen LogP contribution >= 0.6 is 11.8 Å². The van der Waals surface area contributed by atoms with E-state index in [1.54, 1.807) is 0 Å². The summed E-state index contributed by atoms with van der Waals surface area (Å²) in [7, 11) is 0. The third kappa shape index (κ3) is 5.47. The monoisotopic (exact) mass is 524 g/mol. The van der Waals surface area contributed by atoms with E-state index >= 15 is 0 Å². The standard InChI is InChI=1S/C15H5F13N2O2S/c16-7(12(17,18)19)8-11(13(20,21)22,14(23,24)25)30-10(33-8)29-9(31)5-2-1-3-6(4-5)32-15(26,27)28/h1-4H,(H,29,30,31). The van der Waals surface area contributed by atoms with Crippen LogP contribution in [-0.2, 0) is 0 Å². The summed E-state index contributed by atoms with van der Waals surface area (Å²) >= 11 is -1.11. The second-order valence-electron chi connectivity index (χ2n) is 5.90. The Bertz CT molecular complexity index is 975. The molecule has 33 heavy (non-hydrogen) atoms. The SMILES string of the molecule is O=C(NC1=NC(C(F)(F)F)(C(F)(F)F)C(=C(F)C(F)(F)F)S1)c1cccc(OC(F)(F)F)c1. The molecule has 0 unspecified atom stereocenters. The van der Waals surface area contributed by atoms with E-state index < -0.39 is 75.3 Å². The van der Waals surface area contributed by atoms with E-state index in [-0.39, 0.29) is 0 Å². The first-order chi connectivity index (χ1) is 14.7. The highest BCUT2D eigenvalue weighted by molar-refractivity contribution is 8.17. The first-order valence-electron chi connectivity index (χ1n) is 7.75. The van der Waals surface area contributed by atoms with Crippen LogP contribution in [0.4, 0.5) is 57.1 Å². The van der Waals surface area contributed by atoms with Gasteiger partial charge in [-0.2, -0.15) is 39.5 Å². The zero-order valence-corrected chi connectivity index (χ0v) is 15.7. The molecule has 18 heteroatoms. The number of thioether (sulfide) groups is 1. The van der Waals surface area contributed by atoms with Crippen molar-refractivity contribution in [3.63, 3.8) is 0 Å². The lowest BCUT2D eigenvalue weighted by Crippen LogP contribution is -2.55. The molecule has 0 saturated carbocycles. The van der Waals surface area contributed by atoms with Crippen molar-refractivity contribution in [3.05, 3.63) is 40.6 Å². The van der Waals surface area contributed by atoms with Crippen LogP contribution in [0.25, 0.3) is 0 Å². The first kappa shape index (κ1) is 26.6. The minimum Gasteiger partial charge on any atom is -0.406 e. The van der Waals surface area contributed by atoms with Crippen LogP contribution in [0.15, 0.2) is 40.0 Å². The highest BCUT2D eigenvalue weighted by Gasteiger charge is 2.77. The van der Waals surface area contributed by atoms with Gasteiger partial charge < -0.3 is 10.1 Å². The van der Waals surface area contributed by atoms with Crippen LogP contribution in [0.1, 0.15) is 10.4 Å². The van der Waals surface area contributed by atoms with Gasteiger partial charge in [-0.1, -0.05) is 17.8 Å². The molecule has 184 valence electrons. The predicted molar refractivity (Wildman–Crippen MR) is 84.6 cm³/mol. The van der Waals surface area contributed by atoms with Crippen LogP contribution in [-0.4, -0.2) is 41.5 Å². The Morgan fingerprint density at radius 3 is 1.94 bits per heavy atom. The molecule has 0 bridgehead atoms. The van der Waals surface area contributed by atoms with Gasteiger partial charge in [-0.05, 0) is 18.2 Å². The number of allylic oxidation sites excluding steroid dienone is 1. The fraction of sp³-hybridized carbons (Fsp3) is 0.333. The zero-order chi connectivity index (χ0) is 25.6. The van der Waals surface area contributed by atoms with Gasteiger partial charge in [0.1, 0.15) is 5.75 Å². The van der Waals surface area contributed by atoms with Crippen LogP contribution in [0.3, 0.4) is 0 Å². The minimum atomic E-state index is -6.64. The summed E-state index contributed by atoms with van der Waals surface area (Å²) < 4.78 is 172. The smallest absolute Gasteiger partial charge is 0.406 e. The number of nitrogens with zero attached hydrogens (tertiary/aromatic N) is 1. The highest BCUT2D eigenvalue weighted by atomic mass is 32.2. The number of ether oxygens (including phenoxy) is 1. The largest absolute Gasteiger partial charge is 0.573 e. The number of amides is 1. The Labute approximate surface area is 177 Å². The molecule has 0 aliphatic carbocycles. The number of halogens is 13. The highest BCUT2D eigenvalue weighted by Crippen LogP contribution is 2.59.